The van der Waals surface area contributed by atoms with Gasteiger partial charge in [-0.1, -0.05) is 29.8 Å². The van der Waals surface area contributed by atoms with Gasteiger partial charge in [0.05, 0.1) is 0 Å². The molecule has 0 unspecified atom stereocenters. The van der Waals surface area contributed by atoms with E-state index in [0.717, 1.165) is 11.8 Å². The van der Waals surface area contributed by atoms with Crippen molar-refractivity contribution in [1.82, 2.24) is 4.90 Å². The number of carbonyl (C=O) groups is 1. The molecule has 2 heteroatoms. The quantitative estimate of drug-likeness (QED) is 0.536. The summed E-state index contributed by atoms with van der Waals surface area (Å²) < 4.78 is 0. The van der Waals surface area contributed by atoms with Crippen molar-refractivity contribution in [1.29, 1.82) is 0 Å². The van der Waals surface area contributed by atoms with Crippen molar-refractivity contribution in [3.05, 3.63) is 41.6 Å². The molecule has 0 atom stereocenters. The second kappa shape index (κ2) is 4.61. The molecule has 0 saturated heterocycles. The number of benzene rings is 1. The van der Waals surface area contributed by atoms with Crippen LogP contribution >= 0.6 is 0 Å². The zero-order chi connectivity index (χ0) is 10.6. The van der Waals surface area contributed by atoms with Gasteiger partial charge < -0.3 is 4.90 Å². The first kappa shape index (κ1) is 10.5. The number of rotatable bonds is 3. The molecule has 0 radical (unpaired) electrons. The summed E-state index contributed by atoms with van der Waals surface area (Å²) in [5.74, 6) is 0. The molecule has 0 amide bonds. The summed E-state index contributed by atoms with van der Waals surface area (Å²) in [6.45, 7) is 2.03. The average molecular weight is 189 g/mol. The molecular weight excluding hydrogens is 174 g/mol. The minimum absolute atomic E-state index is 0.704. The van der Waals surface area contributed by atoms with Crippen molar-refractivity contribution >= 4 is 11.9 Å². The number of hydrogen-bond donors (Lipinski definition) is 0. The third-order valence-electron chi connectivity index (χ3n) is 1.91. The van der Waals surface area contributed by atoms with E-state index in [2.05, 4.69) is 0 Å². The van der Waals surface area contributed by atoms with Crippen LogP contribution < -0.4 is 0 Å². The molecule has 14 heavy (non-hydrogen) atoms. The molecule has 74 valence electrons. The molecule has 0 N–H and O–H groups in total. The van der Waals surface area contributed by atoms with Crippen LogP contribution in [0.4, 0.5) is 0 Å². The van der Waals surface area contributed by atoms with Crippen LogP contribution in [0.1, 0.15) is 11.1 Å². The Morgan fingerprint density at radius 2 is 1.79 bits per heavy atom. The second-order valence-corrected chi connectivity index (χ2v) is 3.53. The highest BCUT2D eigenvalue weighted by molar-refractivity contribution is 6.06. The van der Waals surface area contributed by atoms with E-state index in [9.17, 15) is 4.79 Å². The molecule has 1 aromatic rings. The van der Waals surface area contributed by atoms with Gasteiger partial charge in [-0.3, -0.25) is 4.79 Å². The molecule has 1 rings (SSSR count). The summed E-state index contributed by atoms with van der Waals surface area (Å²) in [5.41, 5.74) is 2.86. The van der Waals surface area contributed by atoms with E-state index < -0.39 is 0 Å². The van der Waals surface area contributed by atoms with E-state index in [0.29, 0.717) is 5.57 Å². The molecule has 0 bridgehead atoms. The largest absolute Gasteiger partial charge is 0.383 e. The molecule has 0 aliphatic carbocycles. The monoisotopic (exact) mass is 189 g/mol. The SMILES string of the molecule is Cc1ccc(C(C=O)=CN(C)C)cc1. The molecule has 0 aromatic heterocycles. The Kier molecular flexibility index (Phi) is 3.46. The predicted molar refractivity (Wildman–Crippen MR) is 58.9 cm³/mol. The zero-order valence-electron chi connectivity index (χ0n) is 8.82. The summed E-state index contributed by atoms with van der Waals surface area (Å²) >= 11 is 0. The van der Waals surface area contributed by atoms with E-state index in [4.69, 9.17) is 0 Å². The fourth-order valence-electron chi connectivity index (χ4n) is 1.20. The van der Waals surface area contributed by atoms with Crippen LogP contribution in [0.3, 0.4) is 0 Å². The highest BCUT2D eigenvalue weighted by Gasteiger charge is 1.99. The minimum Gasteiger partial charge on any atom is -0.383 e. The van der Waals surface area contributed by atoms with Crippen molar-refractivity contribution in [2.45, 2.75) is 6.92 Å². The minimum atomic E-state index is 0.704. The fourth-order valence-corrected chi connectivity index (χ4v) is 1.20. The summed E-state index contributed by atoms with van der Waals surface area (Å²) in [7, 11) is 3.80. The van der Waals surface area contributed by atoms with Crippen LogP contribution in [-0.4, -0.2) is 25.3 Å². The lowest BCUT2D eigenvalue weighted by Gasteiger charge is -2.07. The standard InChI is InChI=1S/C12H15NO/c1-10-4-6-11(7-5-10)12(9-14)8-13(2)3/h4-9H,1-3H3. The summed E-state index contributed by atoms with van der Waals surface area (Å²) in [5, 5.41) is 0. The average Bonchev–Trinajstić information content (AvgIpc) is 2.15. The van der Waals surface area contributed by atoms with Gasteiger partial charge in [0.1, 0.15) is 0 Å². The molecule has 0 saturated carbocycles. The number of aldehydes is 1. The van der Waals surface area contributed by atoms with Gasteiger partial charge in [0.2, 0.25) is 0 Å². The van der Waals surface area contributed by atoms with Crippen LogP contribution in [0.25, 0.3) is 5.57 Å². The van der Waals surface area contributed by atoms with Crippen LogP contribution in [0, 0.1) is 6.92 Å². The topological polar surface area (TPSA) is 20.3 Å². The van der Waals surface area contributed by atoms with Crippen molar-refractivity contribution in [2.24, 2.45) is 0 Å². The van der Waals surface area contributed by atoms with Gasteiger partial charge in [-0.25, -0.2) is 0 Å². The van der Waals surface area contributed by atoms with Gasteiger partial charge in [0, 0.05) is 25.9 Å². The van der Waals surface area contributed by atoms with Crippen LogP contribution in [0.2, 0.25) is 0 Å². The maximum absolute atomic E-state index is 10.8. The maximum Gasteiger partial charge on any atom is 0.152 e. The highest BCUT2D eigenvalue weighted by atomic mass is 16.1. The van der Waals surface area contributed by atoms with Crippen molar-refractivity contribution in [3.8, 4) is 0 Å². The van der Waals surface area contributed by atoms with Crippen molar-refractivity contribution < 1.29 is 4.79 Å². The van der Waals surface area contributed by atoms with Crippen LogP contribution in [0.15, 0.2) is 30.5 Å². The Bertz CT molecular complexity index is 336. The first-order valence-corrected chi connectivity index (χ1v) is 4.54. The second-order valence-electron chi connectivity index (χ2n) is 3.53. The summed E-state index contributed by atoms with van der Waals surface area (Å²) in [6.07, 6.45) is 2.70. The third-order valence-corrected chi connectivity index (χ3v) is 1.91. The summed E-state index contributed by atoms with van der Waals surface area (Å²) in [4.78, 5) is 12.7. The molecule has 0 fully saturated rings. The van der Waals surface area contributed by atoms with Gasteiger partial charge in [-0.2, -0.15) is 0 Å². The number of allylic oxidation sites excluding steroid dienone is 1. The lowest BCUT2D eigenvalue weighted by atomic mass is 10.1. The Balaban J connectivity index is 3.01. The Labute approximate surface area is 84.9 Å². The van der Waals surface area contributed by atoms with Crippen molar-refractivity contribution in [3.63, 3.8) is 0 Å². The smallest absolute Gasteiger partial charge is 0.152 e. The molecule has 0 aliphatic rings. The van der Waals surface area contributed by atoms with E-state index >= 15 is 0 Å². The molecular formula is C12H15NO. The number of aryl methyl sites for hydroxylation is 1. The van der Waals surface area contributed by atoms with Gasteiger partial charge in [0.15, 0.2) is 6.29 Å². The lowest BCUT2D eigenvalue weighted by Crippen LogP contribution is -2.03. The zero-order valence-corrected chi connectivity index (χ0v) is 8.82. The number of hydrogen-bond acceptors (Lipinski definition) is 2. The van der Waals surface area contributed by atoms with Crippen molar-refractivity contribution in [2.75, 3.05) is 14.1 Å². The van der Waals surface area contributed by atoms with Gasteiger partial charge in [0.25, 0.3) is 0 Å². The molecule has 2 nitrogen and oxygen atoms in total. The van der Waals surface area contributed by atoms with E-state index in [1.54, 1.807) is 0 Å². The Morgan fingerprint density at radius 3 is 2.21 bits per heavy atom. The van der Waals surface area contributed by atoms with Crippen LogP contribution in [0.5, 0.6) is 0 Å². The molecule has 0 heterocycles. The van der Waals surface area contributed by atoms with Gasteiger partial charge in [-0.05, 0) is 12.5 Å². The first-order valence-electron chi connectivity index (χ1n) is 4.54. The number of carbonyl (C=O) groups excluding carboxylic acids is 1. The Morgan fingerprint density at radius 1 is 1.21 bits per heavy atom. The molecule has 0 aliphatic heterocycles. The Hall–Kier alpha value is -1.57. The van der Waals surface area contributed by atoms with E-state index in [-0.39, 0.29) is 0 Å². The number of nitrogens with zero attached hydrogens (tertiary/aromatic N) is 1. The lowest BCUT2D eigenvalue weighted by molar-refractivity contribution is -0.103. The molecule has 0 spiro atoms. The van der Waals surface area contributed by atoms with Crippen LogP contribution in [-0.2, 0) is 4.79 Å². The van der Waals surface area contributed by atoms with E-state index in [1.165, 1.54) is 5.56 Å². The molecule has 1 aromatic carbocycles. The predicted octanol–water partition coefficient (Wildman–Crippen LogP) is 2.10. The third kappa shape index (κ3) is 2.73. The van der Waals surface area contributed by atoms with E-state index in [1.807, 2.05) is 56.4 Å². The first-order chi connectivity index (χ1) is 6.63. The van der Waals surface area contributed by atoms with Gasteiger partial charge in [-0.15, -0.1) is 0 Å². The normalized spacial score (nSPS) is 11.2. The van der Waals surface area contributed by atoms with Gasteiger partial charge >= 0.3 is 0 Å². The maximum atomic E-state index is 10.8. The summed E-state index contributed by atoms with van der Waals surface area (Å²) in [6, 6.07) is 7.92. The highest BCUT2D eigenvalue weighted by Crippen LogP contribution is 2.13. The fraction of sp³-hybridized carbons (Fsp3) is 0.250.